The second kappa shape index (κ2) is 8.78. The van der Waals surface area contributed by atoms with Crippen molar-refractivity contribution in [3.63, 3.8) is 0 Å². The Morgan fingerprint density at radius 1 is 1.07 bits per heavy atom. The Balaban J connectivity index is 1.51. The molecule has 2 aromatic carbocycles. The van der Waals surface area contributed by atoms with Gasteiger partial charge in [0.1, 0.15) is 12.3 Å². The lowest BCUT2D eigenvalue weighted by molar-refractivity contribution is -0.121. The number of hydrogen-bond acceptors (Lipinski definition) is 4. The van der Waals surface area contributed by atoms with E-state index in [1.54, 1.807) is 18.0 Å². The smallest absolute Gasteiger partial charge is 0.241 e. The molecule has 0 fully saturated rings. The maximum Gasteiger partial charge on any atom is 0.241 e. The Morgan fingerprint density at radius 2 is 1.83 bits per heavy atom. The van der Waals surface area contributed by atoms with E-state index in [9.17, 15) is 4.79 Å². The highest BCUT2D eigenvalue weighted by Crippen LogP contribution is 2.30. The summed E-state index contributed by atoms with van der Waals surface area (Å²) in [6.07, 6.45) is 2.55. The fourth-order valence-corrected chi connectivity index (χ4v) is 3.59. The van der Waals surface area contributed by atoms with Crippen molar-refractivity contribution in [1.29, 1.82) is 0 Å². The summed E-state index contributed by atoms with van der Waals surface area (Å²) in [6.45, 7) is 2.67. The van der Waals surface area contributed by atoms with Gasteiger partial charge in [-0.3, -0.25) is 4.79 Å². The maximum absolute atomic E-state index is 12.5. The monoisotopic (exact) mass is 400 g/mol. The highest BCUT2D eigenvalue weighted by Gasteiger charge is 2.16. The Hall–Kier alpha value is -3.67. The van der Waals surface area contributed by atoms with E-state index in [0.717, 1.165) is 34.4 Å². The number of carbonyl (C=O) groups is 1. The lowest BCUT2D eigenvalue weighted by atomic mass is 10.0. The molecule has 30 heavy (non-hydrogen) atoms. The minimum atomic E-state index is -0.0769. The molecule has 1 N–H and O–H groups in total. The van der Waals surface area contributed by atoms with Crippen LogP contribution in [0.25, 0.3) is 22.2 Å². The first kappa shape index (κ1) is 19.6. The van der Waals surface area contributed by atoms with Gasteiger partial charge >= 0.3 is 0 Å². The zero-order valence-electron chi connectivity index (χ0n) is 17.1. The van der Waals surface area contributed by atoms with Gasteiger partial charge in [-0.25, -0.2) is 9.67 Å². The van der Waals surface area contributed by atoms with E-state index in [-0.39, 0.29) is 12.5 Å². The Morgan fingerprint density at radius 3 is 2.57 bits per heavy atom. The van der Waals surface area contributed by atoms with Gasteiger partial charge in [0.2, 0.25) is 5.91 Å². The van der Waals surface area contributed by atoms with Crippen molar-refractivity contribution in [3.05, 3.63) is 78.1 Å². The van der Waals surface area contributed by atoms with Crippen molar-refractivity contribution >= 4 is 16.9 Å². The van der Waals surface area contributed by atoms with Crippen molar-refractivity contribution < 1.29 is 9.53 Å². The van der Waals surface area contributed by atoms with E-state index in [2.05, 4.69) is 27.5 Å². The van der Waals surface area contributed by atoms with Crippen LogP contribution in [0, 0.1) is 6.92 Å². The number of aryl methyl sites for hydroxylation is 1. The minimum Gasteiger partial charge on any atom is -0.497 e. The van der Waals surface area contributed by atoms with E-state index in [4.69, 9.17) is 4.74 Å². The molecule has 0 radical (unpaired) electrons. The lowest BCUT2D eigenvalue weighted by Crippen LogP contribution is -2.29. The zero-order chi connectivity index (χ0) is 20.9. The van der Waals surface area contributed by atoms with Crippen LogP contribution in [0.5, 0.6) is 5.75 Å². The number of rotatable bonds is 7. The third-order valence-corrected chi connectivity index (χ3v) is 5.08. The van der Waals surface area contributed by atoms with Gasteiger partial charge in [-0.1, -0.05) is 42.5 Å². The number of nitrogens with one attached hydrogen (secondary N) is 1. The van der Waals surface area contributed by atoms with E-state index in [1.807, 2.05) is 55.5 Å². The largest absolute Gasteiger partial charge is 0.497 e. The number of carbonyl (C=O) groups excluding carboxylic acids is 1. The minimum absolute atomic E-state index is 0.0769. The maximum atomic E-state index is 12.5. The number of methoxy groups -OCH3 is 1. The molecule has 2 heterocycles. The second-order valence-corrected chi connectivity index (χ2v) is 7.11. The first-order valence-corrected chi connectivity index (χ1v) is 9.93. The molecule has 0 bridgehead atoms. The topological polar surface area (TPSA) is 69.0 Å². The fourth-order valence-electron chi connectivity index (χ4n) is 3.59. The van der Waals surface area contributed by atoms with Gasteiger partial charge in [0, 0.05) is 18.1 Å². The van der Waals surface area contributed by atoms with Crippen LogP contribution in [0.4, 0.5) is 0 Å². The van der Waals surface area contributed by atoms with Crippen LogP contribution in [-0.4, -0.2) is 34.3 Å². The molecule has 6 nitrogen and oxygen atoms in total. The number of hydrogen-bond donors (Lipinski definition) is 1. The van der Waals surface area contributed by atoms with Gasteiger partial charge in [-0.15, -0.1) is 0 Å². The average molecular weight is 400 g/mol. The van der Waals surface area contributed by atoms with Crippen molar-refractivity contribution in [1.82, 2.24) is 20.1 Å². The number of aromatic nitrogens is 3. The molecule has 0 saturated heterocycles. The molecule has 152 valence electrons. The molecule has 0 spiro atoms. The van der Waals surface area contributed by atoms with Gasteiger partial charge in [0.15, 0.2) is 5.65 Å². The van der Waals surface area contributed by atoms with Crippen LogP contribution in [-0.2, 0) is 17.8 Å². The first-order valence-electron chi connectivity index (χ1n) is 9.93. The molecule has 4 aromatic rings. The SMILES string of the molecule is COc1ccc(-c2ccnc3c2c(C)nn3CC(=O)NCCc2ccccc2)cc1. The number of benzene rings is 2. The molecule has 0 unspecified atom stereocenters. The summed E-state index contributed by atoms with van der Waals surface area (Å²) in [4.78, 5) is 17.0. The quantitative estimate of drug-likeness (QED) is 0.513. The van der Waals surface area contributed by atoms with E-state index < -0.39 is 0 Å². The summed E-state index contributed by atoms with van der Waals surface area (Å²) < 4.78 is 6.93. The van der Waals surface area contributed by atoms with E-state index in [1.165, 1.54) is 5.56 Å². The molecule has 1 amide bonds. The van der Waals surface area contributed by atoms with Gasteiger partial charge in [0.25, 0.3) is 0 Å². The normalized spacial score (nSPS) is 10.9. The van der Waals surface area contributed by atoms with Crippen molar-refractivity contribution in [2.75, 3.05) is 13.7 Å². The standard InChI is InChI=1S/C24H24N4O2/c1-17-23-21(19-8-10-20(30-2)11-9-19)13-15-26-24(23)28(27-17)16-22(29)25-14-12-18-6-4-3-5-7-18/h3-11,13,15H,12,14,16H2,1-2H3,(H,25,29). The number of amides is 1. The molecule has 6 heteroatoms. The van der Waals surface area contributed by atoms with Crippen LogP contribution in [0.3, 0.4) is 0 Å². The fraction of sp³-hybridized carbons (Fsp3) is 0.208. The highest BCUT2D eigenvalue weighted by molar-refractivity contribution is 5.95. The number of pyridine rings is 1. The summed E-state index contributed by atoms with van der Waals surface area (Å²) in [6, 6.07) is 20.0. The summed E-state index contributed by atoms with van der Waals surface area (Å²) in [7, 11) is 1.65. The summed E-state index contributed by atoms with van der Waals surface area (Å²) in [5, 5.41) is 8.51. The van der Waals surface area contributed by atoms with E-state index >= 15 is 0 Å². The van der Waals surface area contributed by atoms with Gasteiger partial charge < -0.3 is 10.1 Å². The highest BCUT2D eigenvalue weighted by atomic mass is 16.5. The lowest BCUT2D eigenvalue weighted by Gasteiger charge is -2.07. The van der Waals surface area contributed by atoms with Crippen LogP contribution in [0.2, 0.25) is 0 Å². The molecular weight excluding hydrogens is 376 g/mol. The predicted molar refractivity (Wildman–Crippen MR) is 117 cm³/mol. The van der Waals surface area contributed by atoms with Crippen LogP contribution in [0.1, 0.15) is 11.3 Å². The number of ether oxygens (including phenoxy) is 1. The molecule has 0 saturated carbocycles. The van der Waals surface area contributed by atoms with Crippen LogP contribution in [0.15, 0.2) is 66.9 Å². The molecule has 4 rings (SSSR count). The summed E-state index contributed by atoms with van der Waals surface area (Å²) in [5.74, 6) is 0.732. The zero-order valence-corrected chi connectivity index (χ0v) is 17.1. The molecule has 2 aromatic heterocycles. The van der Waals surface area contributed by atoms with Gasteiger partial charge in [-0.05, 0) is 48.2 Å². The summed E-state index contributed by atoms with van der Waals surface area (Å²) in [5.41, 5.74) is 4.85. The van der Waals surface area contributed by atoms with Crippen molar-refractivity contribution in [3.8, 4) is 16.9 Å². The van der Waals surface area contributed by atoms with Crippen molar-refractivity contribution in [2.24, 2.45) is 0 Å². The van der Waals surface area contributed by atoms with Gasteiger partial charge in [0.05, 0.1) is 12.8 Å². The molecule has 0 aliphatic heterocycles. The number of nitrogens with zero attached hydrogens (tertiary/aromatic N) is 3. The number of fused-ring (bicyclic) bond motifs is 1. The second-order valence-electron chi connectivity index (χ2n) is 7.11. The van der Waals surface area contributed by atoms with Crippen LogP contribution >= 0.6 is 0 Å². The Labute approximate surface area is 175 Å². The van der Waals surface area contributed by atoms with Crippen LogP contribution < -0.4 is 10.1 Å². The average Bonchev–Trinajstić information content (AvgIpc) is 3.10. The third kappa shape index (κ3) is 4.17. The molecule has 0 aliphatic rings. The predicted octanol–water partition coefficient (Wildman–Crippen LogP) is 3.77. The molecule has 0 atom stereocenters. The van der Waals surface area contributed by atoms with Gasteiger partial charge in [-0.2, -0.15) is 5.10 Å². The Bertz CT molecular complexity index is 1150. The first-order chi connectivity index (χ1) is 14.7. The molecule has 0 aliphatic carbocycles. The third-order valence-electron chi connectivity index (χ3n) is 5.08. The molecular formula is C24H24N4O2. The summed E-state index contributed by atoms with van der Waals surface area (Å²) >= 11 is 0. The van der Waals surface area contributed by atoms with Crippen molar-refractivity contribution in [2.45, 2.75) is 19.9 Å². The Kier molecular flexibility index (Phi) is 5.75. The van der Waals surface area contributed by atoms with E-state index in [0.29, 0.717) is 12.2 Å².